The maximum atomic E-state index is 12.9. The Balaban J connectivity index is 1.68. The van der Waals surface area contributed by atoms with E-state index in [-0.39, 0.29) is 12.4 Å². The summed E-state index contributed by atoms with van der Waals surface area (Å²) in [5.41, 5.74) is 4.01. The van der Waals surface area contributed by atoms with Gasteiger partial charge in [0.15, 0.2) is 5.96 Å². The summed E-state index contributed by atoms with van der Waals surface area (Å²) in [6.07, 6.45) is 2.60. The maximum absolute atomic E-state index is 12.9. The SMILES string of the molecule is CN=C(NCc1ccccc1-n1nc(C)cc1C)NCc1nccn1C(F)F. The zero-order chi connectivity index (χ0) is 20.1. The van der Waals surface area contributed by atoms with Gasteiger partial charge in [-0.05, 0) is 31.5 Å². The van der Waals surface area contributed by atoms with Gasteiger partial charge in [0.1, 0.15) is 5.82 Å². The normalized spacial score (nSPS) is 11.9. The molecule has 0 amide bonds. The predicted molar refractivity (Wildman–Crippen MR) is 104 cm³/mol. The molecule has 0 aliphatic heterocycles. The van der Waals surface area contributed by atoms with E-state index in [0.717, 1.165) is 27.2 Å². The van der Waals surface area contributed by atoms with Crippen molar-refractivity contribution >= 4 is 5.96 Å². The van der Waals surface area contributed by atoms with Gasteiger partial charge in [0, 0.05) is 31.7 Å². The van der Waals surface area contributed by atoms with Crippen molar-refractivity contribution in [2.45, 2.75) is 33.5 Å². The summed E-state index contributed by atoms with van der Waals surface area (Å²) >= 11 is 0. The summed E-state index contributed by atoms with van der Waals surface area (Å²) < 4.78 is 28.6. The van der Waals surface area contributed by atoms with E-state index in [9.17, 15) is 8.78 Å². The minimum Gasteiger partial charge on any atom is -0.352 e. The highest BCUT2D eigenvalue weighted by Crippen LogP contribution is 2.17. The standard InChI is InChI=1S/C19H23F2N7/c1-13-10-14(2)28(26-13)16-7-5-4-6-15(16)11-24-19(22-3)25-12-17-23-8-9-27(17)18(20)21/h4-10,18H,11-12H2,1-3H3,(H2,22,24,25). The molecular weight excluding hydrogens is 364 g/mol. The molecule has 7 nitrogen and oxygen atoms in total. The van der Waals surface area contributed by atoms with E-state index in [2.05, 4.69) is 25.7 Å². The van der Waals surface area contributed by atoms with Crippen LogP contribution < -0.4 is 10.6 Å². The molecule has 2 aromatic heterocycles. The first kappa shape index (κ1) is 19.5. The highest BCUT2D eigenvalue weighted by molar-refractivity contribution is 5.79. The van der Waals surface area contributed by atoms with E-state index >= 15 is 0 Å². The van der Waals surface area contributed by atoms with Gasteiger partial charge < -0.3 is 10.6 Å². The van der Waals surface area contributed by atoms with E-state index in [1.807, 2.05) is 48.9 Å². The number of guanidine groups is 1. The molecule has 2 heterocycles. The van der Waals surface area contributed by atoms with Gasteiger partial charge in [-0.2, -0.15) is 13.9 Å². The van der Waals surface area contributed by atoms with Gasteiger partial charge in [0.05, 0.1) is 17.9 Å². The Kier molecular flexibility index (Phi) is 6.03. The molecule has 0 unspecified atom stereocenters. The Hall–Kier alpha value is -3.23. The van der Waals surface area contributed by atoms with Crippen LogP contribution in [0, 0.1) is 13.8 Å². The fourth-order valence-electron chi connectivity index (χ4n) is 2.96. The number of alkyl halides is 2. The van der Waals surface area contributed by atoms with Crippen molar-refractivity contribution in [3.8, 4) is 5.69 Å². The number of nitrogens with zero attached hydrogens (tertiary/aromatic N) is 5. The fraction of sp³-hybridized carbons (Fsp3) is 0.316. The molecule has 0 saturated carbocycles. The molecule has 0 bridgehead atoms. The third kappa shape index (κ3) is 4.36. The van der Waals surface area contributed by atoms with Gasteiger partial charge >= 0.3 is 6.55 Å². The second-order valence-electron chi connectivity index (χ2n) is 6.28. The van der Waals surface area contributed by atoms with Crippen molar-refractivity contribution in [1.82, 2.24) is 30.0 Å². The molecule has 148 valence electrons. The molecule has 0 saturated heterocycles. The first-order valence-electron chi connectivity index (χ1n) is 8.85. The van der Waals surface area contributed by atoms with Crippen molar-refractivity contribution in [2.24, 2.45) is 4.99 Å². The molecule has 2 N–H and O–H groups in total. The number of halogens is 2. The molecule has 0 fully saturated rings. The van der Waals surface area contributed by atoms with Crippen LogP contribution in [0.1, 0.15) is 29.3 Å². The third-order valence-electron chi connectivity index (χ3n) is 4.27. The number of benzene rings is 1. The number of nitrogens with one attached hydrogen (secondary N) is 2. The molecular formula is C19H23F2N7. The lowest BCUT2D eigenvalue weighted by atomic mass is 10.1. The molecule has 1 aromatic carbocycles. The van der Waals surface area contributed by atoms with Crippen LogP contribution in [0.15, 0.2) is 47.7 Å². The van der Waals surface area contributed by atoms with E-state index < -0.39 is 6.55 Å². The summed E-state index contributed by atoms with van der Waals surface area (Å²) in [6.45, 7) is 1.98. The van der Waals surface area contributed by atoms with Gasteiger partial charge in [-0.1, -0.05) is 18.2 Å². The summed E-state index contributed by atoms with van der Waals surface area (Å²) in [5.74, 6) is 0.730. The molecule has 9 heteroatoms. The predicted octanol–water partition coefficient (Wildman–Crippen LogP) is 2.95. The smallest absolute Gasteiger partial charge is 0.319 e. The van der Waals surface area contributed by atoms with E-state index in [0.29, 0.717) is 12.5 Å². The average Bonchev–Trinajstić information content (AvgIpc) is 3.28. The molecule has 0 spiro atoms. The third-order valence-corrected chi connectivity index (χ3v) is 4.27. The topological polar surface area (TPSA) is 72.1 Å². The summed E-state index contributed by atoms with van der Waals surface area (Å²) in [4.78, 5) is 8.10. The highest BCUT2D eigenvalue weighted by atomic mass is 19.3. The lowest BCUT2D eigenvalue weighted by molar-refractivity contribution is 0.0668. The molecule has 0 aliphatic rings. The number of aryl methyl sites for hydroxylation is 2. The minimum absolute atomic E-state index is 0.135. The number of rotatable bonds is 6. The maximum Gasteiger partial charge on any atom is 0.319 e. The Morgan fingerprint density at radius 3 is 2.61 bits per heavy atom. The lowest BCUT2D eigenvalue weighted by Crippen LogP contribution is -2.37. The number of hydrogen-bond donors (Lipinski definition) is 2. The zero-order valence-electron chi connectivity index (χ0n) is 16.0. The second-order valence-corrected chi connectivity index (χ2v) is 6.28. The van der Waals surface area contributed by atoms with Gasteiger partial charge in [-0.15, -0.1) is 0 Å². The van der Waals surface area contributed by atoms with Gasteiger partial charge in [0.2, 0.25) is 0 Å². The molecule has 3 aromatic rings. The monoisotopic (exact) mass is 387 g/mol. The summed E-state index contributed by atoms with van der Waals surface area (Å²) in [5, 5.41) is 10.8. The number of aromatic nitrogens is 4. The lowest BCUT2D eigenvalue weighted by Gasteiger charge is -2.15. The van der Waals surface area contributed by atoms with Crippen molar-refractivity contribution in [3.63, 3.8) is 0 Å². The molecule has 0 radical (unpaired) electrons. The number of imidazole rings is 1. The van der Waals surface area contributed by atoms with Crippen molar-refractivity contribution < 1.29 is 8.78 Å². The Morgan fingerprint density at radius 1 is 1.18 bits per heavy atom. The number of hydrogen-bond acceptors (Lipinski definition) is 3. The first-order chi connectivity index (χ1) is 13.5. The van der Waals surface area contributed by atoms with E-state index in [1.54, 1.807) is 7.05 Å². The highest BCUT2D eigenvalue weighted by Gasteiger charge is 2.12. The molecule has 0 atom stereocenters. The van der Waals surface area contributed by atoms with Gasteiger partial charge in [-0.3, -0.25) is 9.56 Å². The second kappa shape index (κ2) is 8.64. The Bertz CT molecular complexity index is 959. The van der Waals surface area contributed by atoms with Crippen LogP contribution in [0.4, 0.5) is 8.78 Å². The van der Waals surface area contributed by atoms with Gasteiger partial charge in [-0.25, -0.2) is 9.67 Å². The Labute approximate surface area is 162 Å². The van der Waals surface area contributed by atoms with Crippen LogP contribution in [0.3, 0.4) is 0 Å². The molecule has 0 aliphatic carbocycles. The van der Waals surface area contributed by atoms with Crippen LogP contribution in [-0.4, -0.2) is 32.3 Å². The Morgan fingerprint density at radius 2 is 1.93 bits per heavy atom. The van der Waals surface area contributed by atoms with Crippen molar-refractivity contribution in [3.05, 3.63) is 65.5 Å². The van der Waals surface area contributed by atoms with Crippen molar-refractivity contribution in [1.29, 1.82) is 0 Å². The number of aliphatic imine (C=N–C) groups is 1. The van der Waals surface area contributed by atoms with Crippen LogP contribution >= 0.6 is 0 Å². The quantitative estimate of drug-likeness (QED) is 0.504. The largest absolute Gasteiger partial charge is 0.352 e. The van der Waals surface area contributed by atoms with E-state index in [1.165, 1.54) is 12.4 Å². The van der Waals surface area contributed by atoms with Crippen LogP contribution in [0.5, 0.6) is 0 Å². The average molecular weight is 387 g/mol. The number of para-hydroxylation sites is 1. The van der Waals surface area contributed by atoms with Crippen LogP contribution in [-0.2, 0) is 13.1 Å². The fourth-order valence-corrected chi connectivity index (χ4v) is 2.96. The van der Waals surface area contributed by atoms with Crippen molar-refractivity contribution in [2.75, 3.05) is 7.05 Å². The van der Waals surface area contributed by atoms with Crippen LogP contribution in [0.2, 0.25) is 0 Å². The van der Waals surface area contributed by atoms with Gasteiger partial charge in [0.25, 0.3) is 0 Å². The first-order valence-corrected chi connectivity index (χ1v) is 8.85. The molecule has 3 rings (SSSR count). The summed E-state index contributed by atoms with van der Waals surface area (Å²) in [6, 6.07) is 9.96. The summed E-state index contributed by atoms with van der Waals surface area (Å²) in [7, 11) is 1.63. The van der Waals surface area contributed by atoms with E-state index in [4.69, 9.17) is 0 Å². The molecule has 28 heavy (non-hydrogen) atoms. The zero-order valence-corrected chi connectivity index (χ0v) is 16.0. The minimum atomic E-state index is -2.62. The van der Waals surface area contributed by atoms with Crippen LogP contribution in [0.25, 0.3) is 5.69 Å².